The van der Waals surface area contributed by atoms with Crippen molar-refractivity contribution in [1.82, 2.24) is 24.1 Å². The molecule has 0 aliphatic carbocycles. The quantitative estimate of drug-likeness (QED) is 0.426. The second kappa shape index (κ2) is 6.88. The predicted octanol–water partition coefficient (Wildman–Crippen LogP) is 4.17. The third-order valence-electron chi connectivity index (χ3n) is 5.14. The first-order chi connectivity index (χ1) is 14.6. The molecule has 0 atom stereocenters. The minimum Gasteiger partial charge on any atom is -0.292 e. The van der Waals surface area contributed by atoms with Gasteiger partial charge in [-0.25, -0.2) is 19.3 Å². The van der Waals surface area contributed by atoms with Gasteiger partial charge in [0.2, 0.25) is 0 Å². The number of hydrogen-bond acceptors (Lipinski definition) is 4. The van der Waals surface area contributed by atoms with Gasteiger partial charge in [0.1, 0.15) is 22.5 Å². The Morgan fingerprint density at radius 1 is 1.03 bits per heavy atom. The van der Waals surface area contributed by atoms with E-state index in [9.17, 15) is 9.18 Å². The molecular weight excluding hydrogens is 381 g/mol. The van der Waals surface area contributed by atoms with Crippen LogP contribution in [0.3, 0.4) is 0 Å². The lowest BCUT2D eigenvalue weighted by Crippen LogP contribution is -2.24. The lowest BCUT2D eigenvalue weighted by atomic mass is 10.3. The SMILES string of the molecule is C=CCn1c(CC)nc2c(c1=O)c1nc3ccccc3nc1n2-c1cccc(F)c1. The Labute approximate surface area is 171 Å². The molecule has 0 aliphatic rings. The average Bonchev–Trinajstić information content (AvgIpc) is 3.07. The Morgan fingerprint density at radius 3 is 2.50 bits per heavy atom. The summed E-state index contributed by atoms with van der Waals surface area (Å²) in [5.41, 5.74) is 3.04. The molecule has 3 heterocycles. The van der Waals surface area contributed by atoms with Gasteiger partial charge in [0.25, 0.3) is 5.56 Å². The smallest absolute Gasteiger partial charge is 0.265 e. The van der Waals surface area contributed by atoms with Crippen LogP contribution in [0.25, 0.3) is 38.9 Å². The van der Waals surface area contributed by atoms with E-state index in [2.05, 4.69) is 6.58 Å². The third-order valence-corrected chi connectivity index (χ3v) is 5.14. The number of nitrogens with zero attached hydrogens (tertiary/aromatic N) is 5. The van der Waals surface area contributed by atoms with Crippen molar-refractivity contribution in [2.75, 3.05) is 0 Å². The van der Waals surface area contributed by atoms with E-state index < -0.39 is 0 Å². The van der Waals surface area contributed by atoms with E-state index in [1.165, 1.54) is 12.1 Å². The number of fused-ring (bicyclic) bond motifs is 4. The molecule has 148 valence electrons. The highest BCUT2D eigenvalue weighted by Gasteiger charge is 2.22. The first kappa shape index (κ1) is 18.2. The monoisotopic (exact) mass is 399 g/mol. The predicted molar refractivity (Wildman–Crippen MR) is 115 cm³/mol. The lowest BCUT2D eigenvalue weighted by Gasteiger charge is -2.10. The summed E-state index contributed by atoms with van der Waals surface area (Å²) in [4.78, 5) is 27.8. The third kappa shape index (κ3) is 2.62. The van der Waals surface area contributed by atoms with Crippen LogP contribution in [0.5, 0.6) is 0 Å². The van der Waals surface area contributed by atoms with Gasteiger partial charge in [-0.2, -0.15) is 0 Å². The summed E-state index contributed by atoms with van der Waals surface area (Å²) in [6.45, 7) is 6.04. The molecule has 2 aromatic carbocycles. The molecular formula is C23H18FN5O. The normalized spacial score (nSPS) is 11.5. The van der Waals surface area contributed by atoms with Crippen molar-refractivity contribution in [2.45, 2.75) is 19.9 Å². The van der Waals surface area contributed by atoms with Crippen LogP contribution in [-0.2, 0) is 13.0 Å². The molecule has 5 aromatic rings. The molecule has 0 spiro atoms. The van der Waals surface area contributed by atoms with E-state index in [4.69, 9.17) is 15.0 Å². The molecule has 0 saturated carbocycles. The van der Waals surface area contributed by atoms with Crippen molar-refractivity contribution in [3.8, 4) is 5.69 Å². The molecule has 0 radical (unpaired) electrons. The number of aromatic nitrogens is 5. The van der Waals surface area contributed by atoms with Crippen molar-refractivity contribution >= 4 is 33.2 Å². The van der Waals surface area contributed by atoms with Gasteiger partial charge in [-0.05, 0) is 30.3 Å². The molecule has 0 bridgehead atoms. The van der Waals surface area contributed by atoms with Crippen molar-refractivity contribution < 1.29 is 4.39 Å². The Balaban J connectivity index is 2.04. The van der Waals surface area contributed by atoms with Crippen LogP contribution >= 0.6 is 0 Å². The number of rotatable bonds is 4. The molecule has 30 heavy (non-hydrogen) atoms. The van der Waals surface area contributed by atoms with E-state index in [0.717, 1.165) is 0 Å². The highest BCUT2D eigenvalue weighted by Crippen LogP contribution is 2.29. The van der Waals surface area contributed by atoms with Gasteiger partial charge in [-0.1, -0.05) is 31.2 Å². The van der Waals surface area contributed by atoms with Crippen LogP contribution in [0, 0.1) is 5.82 Å². The molecule has 0 aliphatic heterocycles. The lowest BCUT2D eigenvalue weighted by molar-refractivity contribution is 0.627. The zero-order valence-electron chi connectivity index (χ0n) is 16.3. The van der Waals surface area contributed by atoms with Crippen LogP contribution < -0.4 is 5.56 Å². The Bertz CT molecular complexity index is 1520. The second-order valence-electron chi connectivity index (χ2n) is 6.98. The molecule has 6 nitrogen and oxygen atoms in total. The largest absolute Gasteiger partial charge is 0.292 e. The van der Waals surface area contributed by atoms with Gasteiger partial charge in [0.05, 0.1) is 16.7 Å². The van der Waals surface area contributed by atoms with Gasteiger partial charge in [-0.15, -0.1) is 6.58 Å². The summed E-state index contributed by atoms with van der Waals surface area (Å²) in [6.07, 6.45) is 2.23. The Kier molecular flexibility index (Phi) is 4.17. The topological polar surface area (TPSA) is 65.6 Å². The molecule has 7 heteroatoms. The molecule has 0 saturated heterocycles. The highest BCUT2D eigenvalue weighted by atomic mass is 19.1. The van der Waals surface area contributed by atoms with Gasteiger partial charge < -0.3 is 0 Å². The summed E-state index contributed by atoms with van der Waals surface area (Å²) < 4.78 is 17.4. The fourth-order valence-electron chi connectivity index (χ4n) is 3.82. The Hall–Kier alpha value is -3.87. The van der Waals surface area contributed by atoms with Crippen molar-refractivity contribution in [3.05, 3.63) is 83.2 Å². The molecule has 0 amide bonds. The van der Waals surface area contributed by atoms with Gasteiger partial charge in [0.15, 0.2) is 11.3 Å². The summed E-state index contributed by atoms with van der Waals surface area (Å²) in [6, 6.07) is 13.6. The maximum absolute atomic E-state index is 14.1. The number of hydrogen-bond donors (Lipinski definition) is 0. The zero-order chi connectivity index (χ0) is 20.8. The number of benzene rings is 2. The summed E-state index contributed by atoms with van der Waals surface area (Å²) >= 11 is 0. The molecule has 5 rings (SSSR count). The summed E-state index contributed by atoms with van der Waals surface area (Å²) in [5.74, 6) is 0.240. The Morgan fingerprint density at radius 2 is 1.80 bits per heavy atom. The summed E-state index contributed by atoms with van der Waals surface area (Å²) in [5, 5.41) is 0.367. The maximum atomic E-state index is 14.1. The zero-order valence-corrected chi connectivity index (χ0v) is 16.3. The second-order valence-corrected chi connectivity index (χ2v) is 6.98. The maximum Gasteiger partial charge on any atom is 0.265 e. The van der Waals surface area contributed by atoms with E-state index in [1.54, 1.807) is 27.3 Å². The first-order valence-electron chi connectivity index (χ1n) is 9.69. The van der Waals surface area contributed by atoms with Crippen molar-refractivity contribution in [1.29, 1.82) is 0 Å². The summed E-state index contributed by atoms with van der Waals surface area (Å²) in [7, 11) is 0. The van der Waals surface area contributed by atoms with Gasteiger partial charge >= 0.3 is 0 Å². The number of aryl methyl sites for hydroxylation is 1. The number of allylic oxidation sites excluding steroid dienone is 1. The van der Waals surface area contributed by atoms with Crippen LogP contribution in [0.15, 0.2) is 66.0 Å². The molecule has 0 unspecified atom stereocenters. The highest BCUT2D eigenvalue weighted by molar-refractivity contribution is 6.05. The van der Waals surface area contributed by atoms with Crippen LogP contribution in [-0.4, -0.2) is 24.1 Å². The van der Waals surface area contributed by atoms with Crippen molar-refractivity contribution in [2.24, 2.45) is 0 Å². The van der Waals surface area contributed by atoms with Crippen LogP contribution in [0.2, 0.25) is 0 Å². The van der Waals surface area contributed by atoms with E-state index in [-0.39, 0.29) is 11.4 Å². The van der Waals surface area contributed by atoms with Crippen LogP contribution in [0.1, 0.15) is 12.7 Å². The minimum absolute atomic E-state index is 0.207. The number of halogens is 1. The van der Waals surface area contributed by atoms with Crippen LogP contribution in [0.4, 0.5) is 4.39 Å². The van der Waals surface area contributed by atoms with E-state index >= 15 is 0 Å². The molecule has 3 aromatic heterocycles. The van der Waals surface area contributed by atoms with E-state index in [1.807, 2.05) is 31.2 Å². The minimum atomic E-state index is -0.382. The average molecular weight is 399 g/mol. The first-order valence-corrected chi connectivity index (χ1v) is 9.69. The van der Waals surface area contributed by atoms with Gasteiger partial charge in [-0.3, -0.25) is 13.9 Å². The fraction of sp³-hybridized carbons (Fsp3) is 0.130. The fourth-order valence-corrected chi connectivity index (χ4v) is 3.82. The standard InChI is InChI=1S/C23H18FN5O/c1-3-12-28-18(4-2)27-21-19(23(28)30)20-22(26-17-11-6-5-10-16(17)25-20)29(21)15-9-7-8-14(24)13-15/h3,5-11,13H,1,4,12H2,2H3. The van der Waals surface area contributed by atoms with E-state index in [0.29, 0.717) is 57.7 Å². The molecule has 0 fully saturated rings. The van der Waals surface area contributed by atoms with Crippen molar-refractivity contribution in [3.63, 3.8) is 0 Å². The molecule has 0 N–H and O–H groups in total. The number of para-hydroxylation sites is 2. The van der Waals surface area contributed by atoms with Gasteiger partial charge in [0, 0.05) is 13.0 Å².